The van der Waals surface area contributed by atoms with Gasteiger partial charge in [0, 0.05) is 13.0 Å². The molecule has 4 aromatic rings. The predicted molar refractivity (Wildman–Crippen MR) is 121 cm³/mol. The summed E-state index contributed by atoms with van der Waals surface area (Å²) in [4.78, 5) is 17.0. The third-order valence-electron chi connectivity index (χ3n) is 5.08. The van der Waals surface area contributed by atoms with E-state index in [0.717, 1.165) is 28.0 Å². The normalized spacial score (nSPS) is 10.6. The second-order valence-corrected chi connectivity index (χ2v) is 7.15. The molecule has 1 heterocycles. The van der Waals surface area contributed by atoms with Gasteiger partial charge in [-0.1, -0.05) is 72.7 Å². The van der Waals surface area contributed by atoms with E-state index in [1.54, 1.807) is 0 Å². The lowest BCUT2D eigenvalue weighted by Gasteiger charge is -2.08. The molecule has 0 bridgehead atoms. The van der Waals surface area contributed by atoms with Gasteiger partial charge >= 0.3 is 0 Å². The number of rotatable bonds is 7. The molecule has 0 saturated carbocycles. The Labute approximate surface area is 176 Å². The van der Waals surface area contributed by atoms with Crippen molar-refractivity contribution >= 4 is 16.9 Å². The van der Waals surface area contributed by atoms with Crippen molar-refractivity contribution in [1.29, 1.82) is 0 Å². The molecule has 0 unspecified atom stereocenters. The summed E-state index contributed by atoms with van der Waals surface area (Å²) in [6.07, 6.45) is 6.51. The number of terminal acetylenes is 1. The van der Waals surface area contributed by atoms with Crippen LogP contribution in [-0.4, -0.2) is 22.0 Å². The number of aromatic nitrogens is 2. The van der Waals surface area contributed by atoms with E-state index in [2.05, 4.69) is 40.5 Å². The van der Waals surface area contributed by atoms with Crippen molar-refractivity contribution in [3.05, 3.63) is 90.3 Å². The summed E-state index contributed by atoms with van der Waals surface area (Å²) in [7, 11) is 0. The first-order chi connectivity index (χ1) is 14.7. The van der Waals surface area contributed by atoms with E-state index in [0.29, 0.717) is 25.9 Å². The smallest absolute Gasteiger partial charge is 0.224 e. The summed E-state index contributed by atoms with van der Waals surface area (Å²) < 4.78 is 2.03. The van der Waals surface area contributed by atoms with Crippen LogP contribution in [0.3, 0.4) is 0 Å². The molecule has 1 amide bonds. The number of imidazole rings is 1. The zero-order valence-corrected chi connectivity index (χ0v) is 16.7. The minimum atomic E-state index is 0.00192. The maximum atomic E-state index is 12.4. The molecular formula is C26H23N3O. The number of para-hydroxylation sites is 2. The molecule has 0 aliphatic carbocycles. The summed E-state index contributed by atoms with van der Waals surface area (Å²) in [6, 6.07) is 26.3. The average Bonchev–Trinajstić information content (AvgIpc) is 3.13. The Bertz CT molecular complexity index is 1180. The maximum Gasteiger partial charge on any atom is 0.224 e. The monoisotopic (exact) mass is 393 g/mol. The number of hydrogen-bond donors (Lipinski definition) is 1. The molecule has 0 atom stereocenters. The molecule has 0 aliphatic rings. The van der Waals surface area contributed by atoms with Crippen LogP contribution in [0.1, 0.15) is 11.4 Å². The molecule has 0 saturated heterocycles. The van der Waals surface area contributed by atoms with Crippen molar-refractivity contribution < 1.29 is 4.79 Å². The van der Waals surface area contributed by atoms with Gasteiger partial charge in [0.1, 0.15) is 5.82 Å². The van der Waals surface area contributed by atoms with Crippen molar-refractivity contribution in [2.45, 2.75) is 19.4 Å². The number of carbonyl (C=O) groups excluding carboxylic acids is 1. The van der Waals surface area contributed by atoms with Crippen LogP contribution in [0.2, 0.25) is 0 Å². The van der Waals surface area contributed by atoms with Gasteiger partial charge in [-0.2, -0.15) is 0 Å². The first-order valence-corrected chi connectivity index (χ1v) is 10.0. The summed E-state index contributed by atoms with van der Waals surface area (Å²) in [5.74, 6) is 3.58. The fourth-order valence-corrected chi connectivity index (χ4v) is 3.59. The van der Waals surface area contributed by atoms with Crippen molar-refractivity contribution in [3.8, 4) is 23.5 Å². The number of nitrogens with zero attached hydrogens (tertiary/aromatic N) is 2. The number of carbonyl (C=O) groups is 1. The summed E-state index contributed by atoms with van der Waals surface area (Å²) in [5, 5.41) is 3.00. The Morgan fingerprint density at radius 1 is 0.933 bits per heavy atom. The molecule has 1 N–H and O–H groups in total. The lowest BCUT2D eigenvalue weighted by atomic mass is 10.0. The summed E-state index contributed by atoms with van der Waals surface area (Å²) >= 11 is 0. The van der Waals surface area contributed by atoms with Crippen LogP contribution >= 0.6 is 0 Å². The maximum absolute atomic E-state index is 12.4. The van der Waals surface area contributed by atoms with E-state index >= 15 is 0 Å². The van der Waals surface area contributed by atoms with Crippen LogP contribution in [0.5, 0.6) is 0 Å². The molecule has 4 heteroatoms. The van der Waals surface area contributed by atoms with E-state index in [-0.39, 0.29) is 5.91 Å². The van der Waals surface area contributed by atoms with Gasteiger partial charge in [0.25, 0.3) is 0 Å². The van der Waals surface area contributed by atoms with E-state index < -0.39 is 0 Å². The van der Waals surface area contributed by atoms with Crippen molar-refractivity contribution in [3.63, 3.8) is 0 Å². The molecule has 0 radical (unpaired) electrons. The largest absolute Gasteiger partial charge is 0.355 e. The predicted octanol–water partition coefficient (Wildman–Crippen LogP) is 4.24. The highest BCUT2D eigenvalue weighted by atomic mass is 16.1. The Kier molecular flexibility index (Phi) is 5.91. The topological polar surface area (TPSA) is 46.9 Å². The fourth-order valence-electron chi connectivity index (χ4n) is 3.59. The number of amides is 1. The quantitative estimate of drug-likeness (QED) is 0.478. The van der Waals surface area contributed by atoms with Crippen molar-refractivity contribution in [1.82, 2.24) is 14.9 Å². The van der Waals surface area contributed by atoms with Gasteiger partial charge < -0.3 is 9.88 Å². The number of benzene rings is 3. The van der Waals surface area contributed by atoms with Gasteiger partial charge in [-0.15, -0.1) is 6.42 Å². The van der Waals surface area contributed by atoms with Gasteiger partial charge in [0.05, 0.1) is 24.0 Å². The minimum Gasteiger partial charge on any atom is -0.355 e. The number of fused-ring (bicyclic) bond motifs is 1. The van der Waals surface area contributed by atoms with E-state index in [4.69, 9.17) is 6.42 Å². The average molecular weight is 393 g/mol. The van der Waals surface area contributed by atoms with Crippen LogP contribution in [-0.2, 0) is 24.2 Å². The third-order valence-corrected chi connectivity index (χ3v) is 5.08. The van der Waals surface area contributed by atoms with Gasteiger partial charge in [0.15, 0.2) is 0 Å². The van der Waals surface area contributed by atoms with Gasteiger partial charge in [-0.3, -0.25) is 4.79 Å². The standard InChI is InChI=1S/C26H23N3O/c1-2-18-29-24-11-7-6-10-23(24)28-25(29)16-17-27-26(30)19-20-12-14-22(15-13-20)21-8-4-3-5-9-21/h1,3-15H,16-19H2,(H,27,30). The van der Waals surface area contributed by atoms with Crippen LogP contribution < -0.4 is 5.32 Å². The fraction of sp³-hybridized carbons (Fsp3) is 0.154. The highest BCUT2D eigenvalue weighted by Gasteiger charge is 2.10. The molecule has 4 nitrogen and oxygen atoms in total. The Hall–Kier alpha value is -3.84. The molecule has 4 rings (SSSR count). The van der Waals surface area contributed by atoms with Crippen molar-refractivity contribution in [2.24, 2.45) is 0 Å². The van der Waals surface area contributed by atoms with Gasteiger partial charge in [-0.05, 0) is 28.8 Å². The molecule has 30 heavy (non-hydrogen) atoms. The van der Waals surface area contributed by atoms with Crippen molar-refractivity contribution in [2.75, 3.05) is 6.54 Å². The Balaban J connectivity index is 1.34. The van der Waals surface area contributed by atoms with Crippen LogP contribution in [0, 0.1) is 12.3 Å². The van der Waals surface area contributed by atoms with E-state index in [1.165, 1.54) is 5.56 Å². The molecule has 0 fully saturated rings. The summed E-state index contributed by atoms with van der Waals surface area (Å²) in [5.41, 5.74) is 5.25. The third kappa shape index (κ3) is 4.42. The molecule has 3 aromatic carbocycles. The number of nitrogens with one attached hydrogen (secondary N) is 1. The minimum absolute atomic E-state index is 0.00192. The molecule has 0 spiro atoms. The lowest BCUT2D eigenvalue weighted by molar-refractivity contribution is -0.120. The van der Waals surface area contributed by atoms with E-state index in [9.17, 15) is 4.79 Å². The van der Waals surface area contributed by atoms with Crippen LogP contribution in [0.4, 0.5) is 0 Å². The van der Waals surface area contributed by atoms with Crippen LogP contribution in [0.15, 0.2) is 78.9 Å². The molecular weight excluding hydrogens is 370 g/mol. The second-order valence-electron chi connectivity index (χ2n) is 7.15. The zero-order chi connectivity index (χ0) is 20.8. The van der Waals surface area contributed by atoms with Gasteiger partial charge in [0.2, 0.25) is 5.91 Å². The first kappa shape index (κ1) is 19.5. The SMILES string of the molecule is C#CCn1c(CCNC(=O)Cc2ccc(-c3ccccc3)cc2)nc2ccccc21. The van der Waals surface area contributed by atoms with Crippen LogP contribution in [0.25, 0.3) is 22.2 Å². The Morgan fingerprint density at radius 3 is 2.40 bits per heavy atom. The molecule has 148 valence electrons. The lowest BCUT2D eigenvalue weighted by Crippen LogP contribution is -2.28. The van der Waals surface area contributed by atoms with E-state index in [1.807, 2.05) is 59.2 Å². The first-order valence-electron chi connectivity index (χ1n) is 10.0. The molecule has 0 aliphatic heterocycles. The van der Waals surface area contributed by atoms with Gasteiger partial charge in [-0.25, -0.2) is 4.98 Å². The highest BCUT2D eigenvalue weighted by molar-refractivity contribution is 5.79. The highest BCUT2D eigenvalue weighted by Crippen LogP contribution is 2.19. The number of hydrogen-bond acceptors (Lipinski definition) is 2. The zero-order valence-electron chi connectivity index (χ0n) is 16.7. The summed E-state index contributed by atoms with van der Waals surface area (Å²) in [6.45, 7) is 0.992. The molecule has 1 aromatic heterocycles. The Morgan fingerprint density at radius 2 is 1.63 bits per heavy atom. The second kappa shape index (κ2) is 9.11.